The lowest BCUT2D eigenvalue weighted by molar-refractivity contribution is 0.00526. The number of morpholine rings is 1. The Morgan fingerprint density at radius 1 is 1.53 bits per heavy atom. The van der Waals surface area contributed by atoms with Crippen LogP contribution < -0.4 is 5.73 Å². The SMILES string of the molecule is CCCC1(CN=C(N)N2CCOC(C)C2)CC1. The van der Waals surface area contributed by atoms with E-state index in [2.05, 4.69) is 23.7 Å². The normalized spacial score (nSPS) is 28.2. The minimum atomic E-state index is 0.267. The highest BCUT2D eigenvalue weighted by molar-refractivity contribution is 5.78. The zero-order valence-corrected chi connectivity index (χ0v) is 11.1. The van der Waals surface area contributed by atoms with Crippen LogP contribution in [0.4, 0.5) is 0 Å². The summed E-state index contributed by atoms with van der Waals surface area (Å²) in [6.07, 6.45) is 5.48. The standard InChI is InChI=1S/C13H25N3O/c1-3-4-13(5-6-13)10-15-12(14)16-7-8-17-11(2)9-16/h11H,3-10H2,1-2H3,(H2,14,15). The highest BCUT2D eigenvalue weighted by Crippen LogP contribution is 2.49. The van der Waals surface area contributed by atoms with Crippen molar-refractivity contribution in [2.24, 2.45) is 16.1 Å². The third-order valence-corrected chi connectivity index (χ3v) is 3.88. The van der Waals surface area contributed by atoms with E-state index >= 15 is 0 Å². The van der Waals surface area contributed by atoms with E-state index in [1.165, 1.54) is 25.7 Å². The molecular formula is C13H25N3O. The molecule has 2 fully saturated rings. The van der Waals surface area contributed by atoms with Gasteiger partial charge < -0.3 is 15.4 Å². The number of nitrogens with two attached hydrogens (primary N) is 1. The van der Waals surface area contributed by atoms with Gasteiger partial charge in [0.2, 0.25) is 0 Å². The molecule has 17 heavy (non-hydrogen) atoms. The van der Waals surface area contributed by atoms with Crippen LogP contribution in [-0.4, -0.2) is 43.2 Å². The van der Waals surface area contributed by atoms with Gasteiger partial charge in [-0.3, -0.25) is 4.99 Å². The Balaban J connectivity index is 1.84. The van der Waals surface area contributed by atoms with Crippen LogP contribution in [0.25, 0.3) is 0 Å². The van der Waals surface area contributed by atoms with Gasteiger partial charge in [-0.05, 0) is 31.6 Å². The summed E-state index contributed by atoms with van der Waals surface area (Å²) < 4.78 is 5.50. The first kappa shape index (κ1) is 12.7. The second kappa shape index (κ2) is 5.25. The summed E-state index contributed by atoms with van der Waals surface area (Å²) in [5.41, 5.74) is 6.56. The second-order valence-electron chi connectivity index (χ2n) is 5.55. The van der Waals surface area contributed by atoms with Gasteiger partial charge in [-0.1, -0.05) is 13.3 Å². The molecular weight excluding hydrogens is 214 g/mol. The Morgan fingerprint density at radius 2 is 2.29 bits per heavy atom. The Hall–Kier alpha value is -0.770. The number of guanidine groups is 1. The number of hydrogen-bond donors (Lipinski definition) is 1. The quantitative estimate of drug-likeness (QED) is 0.599. The van der Waals surface area contributed by atoms with Crippen LogP contribution >= 0.6 is 0 Å². The van der Waals surface area contributed by atoms with Crippen LogP contribution in [0.5, 0.6) is 0 Å². The van der Waals surface area contributed by atoms with Gasteiger partial charge in [0.1, 0.15) is 0 Å². The molecule has 0 aromatic heterocycles. The molecule has 2 N–H and O–H groups in total. The zero-order chi connectivity index (χ0) is 12.3. The van der Waals surface area contributed by atoms with Crippen LogP contribution in [-0.2, 0) is 4.74 Å². The molecule has 0 radical (unpaired) electrons. The van der Waals surface area contributed by atoms with Crippen molar-refractivity contribution in [1.29, 1.82) is 0 Å². The Bertz CT molecular complexity index is 286. The maximum atomic E-state index is 6.06. The number of aliphatic imine (C=N–C) groups is 1. The van der Waals surface area contributed by atoms with Crippen LogP contribution in [0.2, 0.25) is 0 Å². The molecule has 4 heteroatoms. The van der Waals surface area contributed by atoms with Crippen molar-refractivity contribution in [2.45, 2.75) is 45.6 Å². The second-order valence-corrected chi connectivity index (χ2v) is 5.55. The highest BCUT2D eigenvalue weighted by atomic mass is 16.5. The van der Waals surface area contributed by atoms with Gasteiger partial charge in [-0.15, -0.1) is 0 Å². The predicted molar refractivity (Wildman–Crippen MR) is 70.1 cm³/mol. The minimum Gasteiger partial charge on any atom is -0.375 e. The van der Waals surface area contributed by atoms with Gasteiger partial charge >= 0.3 is 0 Å². The summed E-state index contributed by atoms with van der Waals surface area (Å²) in [6.45, 7) is 7.75. The fourth-order valence-electron chi connectivity index (χ4n) is 2.57. The van der Waals surface area contributed by atoms with Gasteiger partial charge in [0, 0.05) is 19.6 Å². The fraction of sp³-hybridized carbons (Fsp3) is 0.923. The van der Waals surface area contributed by atoms with Crippen molar-refractivity contribution in [3.63, 3.8) is 0 Å². The van der Waals surface area contributed by atoms with Crippen LogP contribution in [0.15, 0.2) is 4.99 Å². The first-order valence-electron chi connectivity index (χ1n) is 6.82. The summed E-state index contributed by atoms with van der Waals surface area (Å²) in [6, 6.07) is 0. The van der Waals surface area contributed by atoms with E-state index in [-0.39, 0.29) is 6.10 Å². The van der Waals surface area contributed by atoms with Crippen LogP contribution in [0.1, 0.15) is 39.5 Å². The van der Waals surface area contributed by atoms with E-state index in [4.69, 9.17) is 10.5 Å². The molecule has 98 valence electrons. The van der Waals surface area contributed by atoms with Crippen molar-refractivity contribution < 1.29 is 4.74 Å². The molecule has 1 unspecified atom stereocenters. The molecule has 4 nitrogen and oxygen atoms in total. The number of rotatable bonds is 4. The molecule has 0 bridgehead atoms. The van der Waals surface area contributed by atoms with E-state index in [0.717, 1.165) is 26.2 Å². The minimum absolute atomic E-state index is 0.267. The van der Waals surface area contributed by atoms with Crippen molar-refractivity contribution in [3.8, 4) is 0 Å². The van der Waals surface area contributed by atoms with Gasteiger partial charge in [0.25, 0.3) is 0 Å². The molecule has 1 aliphatic carbocycles. The summed E-state index contributed by atoms with van der Waals surface area (Å²) in [5.74, 6) is 0.711. The topological polar surface area (TPSA) is 50.8 Å². The summed E-state index contributed by atoms with van der Waals surface area (Å²) in [5, 5.41) is 0. The largest absolute Gasteiger partial charge is 0.375 e. The molecule has 1 aliphatic heterocycles. The summed E-state index contributed by atoms with van der Waals surface area (Å²) >= 11 is 0. The van der Waals surface area contributed by atoms with E-state index in [9.17, 15) is 0 Å². The average molecular weight is 239 g/mol. The van der Waals surface area contributed by atoms with Crippen LogP contribution in [0.3, 0.4) is 0 Å². The van der Waals surface area contributed by atoms with E-state index in [1.54, 1.807) is 0 Å². The molecule has 0 aromatic carbocycles. The Kier molecular flexibility index (Phi) is 3.92. The smallest absolute Gasteiger partial charge is 0.191 e. The summed E-state index contributed by atoms with van der Waals surface area (Å²) in [4.78, 5) is 6.75. The Labute approximate surface area is 104 Å². The Morgan fingerprint density at radius 3 is 2.88 bits per heavy atom. The lowest BCUT2D eigenvalue weighted by atomic mass is 10.0. The molecule has 2 rings (SSSR count). The molecule has 0 spiro atoms. The van der Waals surface area contributed by atoms with Crippen molar-refractivity contribution in [1.82, 2.24) is 4.90 Å². The van der Waals surface area contributed by atoms with E-state index in [0.29, 0.717) is 11.4 Å². The number of nitrogens with zero attached hydrogens (tertiary/aromatic N) is 2. The average Bonchev–Trinajstić information content (AvgIpc) is 3.07. The molecule has 0 amide bonds. The van der Waals surface area contributed by atoms with Gasteiger partial charge in [-0.2, -0.15) is 0 Å². The maximum absolute atomic E-state index is 6.06. The number of hydrogen-bond acceptors (Lipinski definition) is 2. The number of ether oxygens (including phenoxy) is 1. The molecule has 2 aliphatic rings. The van der Waals surface area contributed by atoms with Gasteiger partial charge in [-0.25, -0.2) is 0 Å². The maximum Gasteiger partial charge on any atom is 0.191 e. The fourth-order valence-corrected chi connectivity index (χ4v) is 2.57. The first-order valence-corrected chi connectivity index (χ1v) is 6.82. The third kappa shape index (κ3) is 3.35. The lowest BCUT2D eigenvalue weighted by Crippen LogP contribution is -2.48. The van der Waals surface area contributed by atoms with Crippen molar-refractivity contribution in [3.05, 3.63) is 0 Å². The highest BCUT2D eigenvalue weighted by Gasteiger charge is 2.41. The van der Waals surface area contributed by atoms with Crippen molar-refractivity contribution in [2.75, 3.05) is 26.2 Å². The predicted octanol–water partition coefficient (Wildman–Crippen LogP) is 1.60. The lowest BCUT2D eigenvalue weighted by Gasteiger charge is -2.32. The molecule has 1 heterocycles. The molecule has 1 saturated carbocycles. The first-order chi connectivity index (χ1) is 8.15. The zero-order valence-electron chi connectivity index (χ0n) is 11.1. The monoisotopic (exact) mass is 239 g/mol. The van der Waals surface area contributed by atoms with Crippen molar-refractivity contribution >= 4 is 5.96 Å². The molecule has 0 aromatic rings. The van der Waals surface area contributed by atoms with E-state index in [1.807, 2.05) is 0 Å². The van der Waals surface area contributed by atoms with Crippen LogP contribution in [0, 0.1) is 5.41 Å². The summed E-state index contributed by atoms with van der Waals surface area (Å²) in [7, 11) is 0. The van der Waals surface area contributed by atoms with E-state index < -0.39 is 0 Å². The molecule has 1 atom stereocenters. The molecule has 1 saturated heterocycles. The third-order valence-electron chi connectivity index (χ3n) is 3.88. The van der Waals surface area contributed by atoms with Gasteiger partial charge in [0.15, 0.2) is 5.96 Å². The van der Waals surface area contributed by atoms with Gasteiger partial charge in [0.05, 0.1) is 12.7 Å².